The fraction of sp³-hybridized carbons (Fsp3) is 0.833. The molecule has 1 aromatic heterocycles. The molecule has 1 atom stereocenters. The lowest BCUT2D eigenvalue weighted by molar-refractivity contribution is 0.335. The Morgan fingerprint density at radius 2 is 2.12 bits per heavy atom. The molecule has 0 amide bonds. The van der Waals surface area contributed by atoms with Crippen molar-refractivity contribution < 1.29 is 0 Å². The molecule has 0 fully saturated rings. The summed E-state index contributed by atoms with van der Waals surface area (Å²) in [6.07, 6.45) is 4.15. The van der Waals surface area contributed by atoms with Crippen molar-refractivity contribution in [3.05, 3.63) is 11.6 Å². The molecule has 2 heterocycles. The highest BCUT2D eigenvalue weighted by molar-refractivity contribution is 5.02. The average molecular weight is 222 g/mol. The lowest BCUT2D eigenvalue weighted by atomic mass is 9.87. The second kappa shape index (κ2) is 4.17. The average Bonchev–Trinajstić information content (AvgIpc) is 2.66. The third-order valence-electron chi connectivity index (χ3n) is 3.01. The molecule has 0 radical (unpaired) electrons. The van der Waals surface area contributed by atoms with Crippen molar-refractivity contribution in [3.63, 3.8) is 0 Å². The normalized spacial score (nSPS) is 17.5. The van der Waals surface area contributed by atoms with Gasteiger partial charge in [-0.15, -0.1) is 10.2 Å². The van der Waals surface area contributed by atoms with Crippen LogP contribution in [0, 0.1) is 5.41 Å². The van der Waals surface area contributed by atoms with Gasteiger partial charge in [-0.3, -0.25) is 0 Å². The van der Waals surface area contributed by atoms with Gasteiger partial charge in [-0.2, -0.15) is 0 Å². The predicted octanol–water partition coefficient (Wildman–Crippen LogP) is 1.53. The van der Waals surface area contributed by atoms with Gasteiger partial charge in [0.05, 0.1) is 0 Å². The number of hydrogen-bond acceptors (Lipinski definition) is 3. The molecule has 2 N–H and O–H groups in total. The zero-order chi connectivity index (χ0) is 11.8. The van der Waals surface area contributed by atoms with Crippen molar-refractivity contribution in [2.75, 3.05) is 0 Å². The summed E-state index contributed by atoms with van der Waals surface area (Å²) in [5.41, 5.74) is 6.45. The Bertz CT molecular complexity index is 362. The van der Waals surface area contributed by atoms with Crippen LogP contribution in [0.3, 0.4) is 0 Å². The molecule has 4 heteroatoms. The van der Waals surface area contributed by atoms with E-state index in [0.717, 1.165) is 37.5 Å². The minimum atomic E-state index is 0.189. The Balaban J connectivity index is 1.99. The fourth-order valence-corrected chi connectivity index (χ4v) is 2.45. The topological polar surface area (TPSA) is 56.7 Å². The van der Waals surface area contributed by atoms with E-state index in [1.54, 1.807) is 0 Å². The molecular weight excluding hydrogens is 200 g/mol. The number of fused-ring (bicyclic) bond motifs is 1. The number of nitrogens with zero attached hydrogens (tertiary/aromatic N) is 3. The summed E-state index contributed by atoms with van der Waals surface area (Å²) in [5, 5.41) is 8.44. The third-order valence-corrected chi connectivity index (χ3v) is 3.01. The summed E-state index contributed by atoms with van der Waals surface area (Å²) in [5.74, 6) is 2.21. The molecular formula is C12H22N4. The molecule has 0 bridgehead atoms. The van der Waals surface area contributed by atoms with E-state index in [0.29, 0.717) is 0 Å². The van der Waals surface area contributed by atoms with E-state index in [1.807, 2.05) is 0 Å². The second-order valence-corrected chi connectivity index (χ2v) is 6.02. The van der Waals surface area contributed by atoms with Gasteiger partial charge in [-0.1, -0.05) is 20.8 Å². The van der Waals surface area contributed by atoms with Crippen molar-refractivity contribution in [2.45, 2.75) is 59.0 Å². The van der Waals surface area contributed by atoms with Crippen molar-refractivity contribution in [2.24, 2.45) is 11.1 Å². The minimum Gasteiger partial charge on any atom is -0.327 e. The summed E-state index contributed by atoms with van der Waals surface area (Å²) in [7, 11) is 0. The maximum absolute atomic E-state index is 6.16. The first-order valence-corrected chi connectivity index (χ1v) is 6.12. The van der Waals surface area contributed by atoms with E-state index in [1.165, 1.54) is 6.42 Å². The number of aryl methyl sites for hydroxylation is 1. The molecule has 0 spiro atoms. The number of hydrogen-bond donors (Lipinski definition) is 1. The zero-order valence-corrected chi connectivity index (χ0v) is 10.5. The Kier molecular flexibility index (Phi) is 3.02. The van der Waals surface area contributed by atoms with Crippen LogP contribution in [0.15, 0.2) is 0 Å². The molecule has 0 saturated heterocycles. The SMILES string of the molecule is CC(C)(C)CC(N)Cc1nnc2n1CCC2. The smallest absolute Gasteiger partial charge is 0.134 e. The highest BCUT2D eigenvalue weighted by atomic mass is 15.3. The van der Waals surface area contributed by atoms with Gasteiger partial charge in [0, 0.05) is 25.4 Å². The quantitative estimate of drug-likeness (QED) is 0.843. The van der Waals surface area contributed by atoms with E-state index in [-0.39, 0.29) is 11.5 Å². The Labute approximate surface area is 97.2 Å². The van der Waals surface area contributed by atoms with Gasteiger partial charge in [0.25, 0.3) is 0 Å². The number of rotatable bonds is 3. The Hall–Kier alpha value is -0.900. The maximum Gasteiger partial charge on any atom is 0.134 e. The van der Waals surface area contributed by atoms with Gasteiger partial charge in [0.15, 0.2) is 0 Å². The molecule has 1 aliphatic rings. The largest absolute Gasteiger partial charge is 0.327 e. The standard InChI is InChI=1S/C12H22N4/c1-12(2,3)8-9(13)7-11-15-14-10-5-4-6-16(10)11/h9H,4-8,13H2,1-3H3. The first-order chi connectivity index (χ1) is 7.46. The molecule has 4 nitrogen and oxygen atoms in total. The first-order valence-electron chi connectivity index (χ1n) is 6.12. The van der Waals surface area contributed by atoms with Crippen LogP contribution >= 0.6 is 0 Å². The van der Waals surface area contributed by atoms with Crippen LogP contribution in [0.25, 0.3) is 0 Å². The van der Waals surface area contributed by atoms with Crippen molar-refractivity contribution in [3.8, 4) is 0 Å². The highest BCUT2D eigenvalue weighted by Crippen LogP contribution is 2.22. The molecule has 0 saturated carbocycles. The lowest BCUT2D eigenvalue weighted by Crippen LogP contribution is -2.29. The summed E-state index contributed by atoms with van der Waals surface area (Å²) >= 11 is 0. The third kappa shape index (κ3) is 2.61. The molecule has 1 unspecified atom stereocenters. The molecule has 16 heavy (non-hydrogen) atoms. The molecule has 2 rings (SSSR count). The van der Waals surface area contributed by atoms with Crippen LogP contribution in [-0.4, -0.2) is 20.8 Å². The fourth-order valence-electron chi connectivity index (χ4n) is 2.45. The van der Waals surface area contributed by atoms with Gasteiger partial charge in [-0.05, 0) is 18.3 Å². The van der Waals surface area contributed by atoms with Gasteiger partial charge < -0.3 is 10.3 Å². The minimum absolute atomic E-state index is 0.189. The Morgan fingerprint density at radius 1 is 1.38 bits per heavy atom. The molecule has 1 aliphatic heterocycles. The van der Waals surface area contributed by atoms with Crippen LogP contribution < -0.4 is 5.73 Å². The van der Waals surface area contributed by atoms with Gasteiger partial charge in [0.1, 0.15) is 11.6 Å². The van der Waals surface area contributed by atoms with Crippen molar-refractivity contribution in [1.29, 1.82) is 0 Å². The Morgan fingerprint density at radius 3 is 2.81 bits per heavy atom. The molecule has 90 valence electrons. The van der Waals surface area contributed by atoms with Crippen molar-refractivity contribution in [1.82, 2.24) is 14.8 Å². The van der Waals surface area contributed by atoms with E-state index in [2.05, 4.69) is 35.5 Å². The second-order valence-electron chi connectivity index (χ2n) is 6.02. The van der Waals surface area contributed by atoms with Gasteiger partial charge in [-0.25, -0.2) is 0 Å². The molecule has 0 aliphatic carbocycles. The molecule has 0 aromatic carbocycles. The summed E-state index contributed by atoms with van der Waals surface area (Å²) < 4.78 is 2.24. The predicted molar refractivity (Wildman–Crippen MR) is 64.1 cm³/mol. The lowest BCUT2D eigenvalue weighted by Gasteiger charge is -2.22. The maximum atomic E-state index is 6.16. The number of nitrogens with two attached hydrogens (primary N) is 1. The van der Waals surface area contributed by atoms with E-state index >= 15 is 0 Å². The number of aromatic nitrogens is 3. The van der Waals surface area contributed by atoms with Crippen LogP contribution in [-0.2, 0) is 19.4 Å². The van der Waals surface area contributed by atoms with Crippen LogP contribution in [0.2, 0.25) is 0 Å². The van der Waals surface area contributed by atoms with Crippen molar-refractivity contribution >= 4 is 0 Å². The summed E-state index contributed by atoms with van der Waals surface area (Å²) in [6, 6.07) is 0.189. The van der Waals surface area contributed by atoms with Crippen LogP contribution in [0.4, 0.5) is 0 Å². The zero-order valence-electron chi connectivity index (χ0n) is 10.5. The first kappa shape index (κ1) is 11.6. The molecule has 1 aromatic rings. The van der Waals surface area contributed by atoms with Gasteiger partial charge >= 0.3 is 0 Å². The van der Waals surface area contributed by atoms with E-state index in [9.17, 15) is 0 Å². The summed E-state index contributed by atoms with van der Waals surface area (Å²) in [4.78, 5) is 0. The highest BCUT2D eigenvalue weighted by Gasteiger charge is 2.21. The summed E-state index contributed by atoms with van der Waals surface area (Å²) in [6.45, 7) is 7.74. The van der Waals surface area contributed by atoms with Crippen LogP contribution in [0.1, 0.15) is 45.3 Å². The van der Waals surface area contributed by atoms with E-state index < -0.39 is 0 Å². The monoisotopic (exact) mass is 222 g/mol. The van der Waals surface area contributed by atoms with E-state index in [4.69, 9.17) is 5.73 Å². The van der Waals surface area contributed by atoms with Gasteiger partial charge in [0.2, 0.25) is 0 Å². The van der Waals surface area contributed by atoms with Crippen LogP contribution in [0.5, 0.6) is 0 Å².